The van der Waals surface area contributed by atoms with Crippen molar-refractivity contribution in [1.82, 2.24) is 0 Å². The molecule has 0 aliphatic rings. The Labute approximate surface area is 166 Å². The quantitative estimate of drug-likeness (QED) is 0.694. The number of benzene rings is 2. The van der Waals surface area contributed by atoms with E-state index < -0.39 is 35.8 Å². The van der Waals surface area contributed by atoms with E-state index in [9.17, 15) is 27.9 Å². The Morgan fingerprint density at radius 1 is 1.07 bits per heavy atom. The fourth-order valence-electron chi connectivity index (χ4n) is 3.08. The van der Waals surface area contributed by atoms with Gasteiger partial charge in [0.05, 0.1) is 11.8 Å². The van der Waals surface area contributed by atoms with E-state index in [0.717, 1.165) is 28.8 Å². The summed E-state index contributed by atoms with van der Waals surface area (Å²) in [5.41, 5.74) is 3.09. The van der Waals surface area contributed by atoms with Crippen molar-refractivity contribution in [2.24, 2.45) is 11.8 Å². The Morgan fingerprint density at radius 2 is 1.62 bits per heavy atom. The Bertz CT molecular complexity index is 858. The maximum Gasteiger partial charge on any atom is 0.573 e. The van der Waals surface area contributed by atoms with Crippen LogP contribution in [0.15, 0.2) is 42.5 Å². The van der Waals surface area contributed by atoms with Crippen molar-refractivity contribution in [3.8, 4) is 5.75 Å². The highest BCUT2D eigenvalue weighted by molar-refractivity contribution is 5.95. The third kappa shape index (κ3) is 6.81. The predicted molar refractivity (Wildman–Crippen MR) is 102 cm³/mol. The first kappa shape index (κ1) is 22.3. The fourth-order valence-corrected chi connectivity index (χ4v) is 3.08. The van der Waals surface area contributed by atoms with E-state index in [2.05, 4.69) is 10.1 Å². The molecule has 156 valence electrons. The van der Waals surface area contributed by atoms with Gasteiger partial charge in [0.1, 0.15) is 5.75 Å². The van der Waals surface area contributed by atoms with Crippen LogP contribution in [0, 0.1) is 25.7 Å². The van der Waals surface area contributed by atoms with Gasteiger partial charge in [-0.25, -0.2) is 0 Å². The van der Waals surface area contributed by atoms with Crippen LogP contribution in [0.1, 0.15) is 23.6 Å². The van der Waals surface area contributed by atoms with Crippen LogP contribution in [0.4, 0.5) is 18.9 Å². The van der Waals surface area contributed by atoms with Crippen LogP contribution < -0.4 is 10.1 Å². The lowest BCUT2D eigenvalue weighted by atomic mass is 9.86. The number of carbonyl (C=O) groups excluding carboxylic acids is 1. The molecule has 29 heavy (non-hydrogen) atoms. The van der Waals surface area contributed by atoms with Gasteiger partial charge in [-0.1, -0.05) is 36.2 Å². The maximum absolute atomic E-state index is 12.8. The molecular weight excluding hydrogens is 387 g/mol. The molecule has 2 unspecified atom stereocenters. The molecule has 0 aliphatic heterocycles. The van der Waals surface area contributed by atoms with Crippen molar-refractivity contribution in [2.45, 2.75) is 33.6 Å². The number of nitrogens with one attached hydrogen (secondary N) is 1. The van der Waals surface area contributed by atoms with Crippen molar-refractivity contribution in [1.29, 1.82) is 0 Å². The van der Waals surface area contributed by atoms with E-state index in [4.69, 9.17) is 0 Å². The van der Waals surface area contributed by atoms with Crippen molar-refractivity contribution in [3.63, 3.8) is 0 Å². The molecule has 0 spiro atoms. The van der Waals surface area contributed by atoms with E-state index in [1.54, 1.807) is 0 Å². The van der Waals surface area contributed by atoms with E-state index in [-0.39, 0.29) is 12.1 Å². The van der Waals surface area contributed by atoms with Gasteiger partial charge in [-0.15, -0.1) is 13.2 Å². The highest BCUT2D eigenvalue weighted by Crippen LogP contribution is 2.26. The zero-order chi connectivity index (χ0) is 21.8. The summed E-state index contributed by atoms with van der Waals surface area (Å²) in [7, 11) is 0. The zero-order valence-corrected chi connectivity index (χ0v) is 16.2. The molecule has 1 amide bonds. The fraction of sp³-hybridized carbons (Fsp3) is 0.333. The van der Waals surface area contributed by atoms with E-state index in [1.165, 1.54) is 19.1 Å². The number of alkyl halides is 3. The second-order valence-electron chi connectivity index (χ2n) is 6.99. The van der Waals surface area contributed by atoms with E-state index in [1.807, 2.05) is 32.0 Å². The summed E-state index contributed by atoms with van der Waals surface area (Å²) in [6.07, 6.45) is -4.59. The minimum absolute atomic E-state index is 0.219. The number of hydrogen-bond acceptors (Lipinski definition) is 3. The third-order valence-electron chi connectivity index (χ3n) is 4.42. The molecule has 2 atom stereocenters. The summed E-state index contributed by atoms with van der Waals surface area (Å²) in [4.78, 5) is 24.3. The van der Waals surface area contributed by atoms with Gasteiger partial charge in [-0.3, -0.25) is 9.59 Å². The number of anilines is 1. The first-order valence-corrected chi connectivity index (χ1v) is 8.91. The van der Waals surface area contributed by atoms with Gasteiger partial charge < -0.3 is 15.2 Å². The summed E-state index contributed by atoms with van der Waals surface area (Å²) in [5.74, 6) is -3.86. The molecule has 0 aromatic heterocycles. The number of aryl methyl sites for hydroxylation is 2. The summed E-state index contributed by atoms with van der Waals surface area (Å²) >= 11 is 0. The van der Waals surface area contributed by atoms with Crippen molar-refractivity contribution < 1.29 is 32.6 Å². The lowest BCUT2D eigenvalue weighted by Gasteiger charge is -2.21. The molecule has 0 radical (unpaired) electrons. The van der Waals surface area contributed by atoms with Crippen molar-refractivity contribution in [2.75, 3.05) is 5.32 Å². The average Bonchev–Trinajstić information content (AvgIpc) is 2.58. The van der Waals surface area contributed by atoms with E-state index in [0.29, 0.717) is 0 Å². The van der Waals surface area contributed by atoms with Crippen LogP contribution in [0.3, 0.4) is 0 Å². The van der Waals surface area contributed by atoms with Crippen LogP contribution in [-0.4, -0.2) is 23.3 Å². The average molecular weight is 409 g/mol. The molecule has 0 bridgehead atoms. The largest absolute Gasteiger partial charge is 0.573 e. The lowest BCUT2D eigenvalue weighted by molar-refractivity contribution is -0.274. The summed E-state index contributed by atoms with van der Waals surface area (Å²) in [5, 5.41) is 12.0. The predicted octanol–water partition coefficient (Wildman–Crippen LogP) is 4.72. The Kier molecular flexibility index (Phi) is 6.89. The van der Waals surface area contributed by atoms with Gasteiger partial charge in [0.25, 0.3) is 0 Å². The number of rotatable bonds is 7. The smallest absolute Gasteiger partial charge is 0.481 e. The molecule has 0 saturated carbocycles. The van der Waals surface area contributed by atoms with Crippen LogP contribution in [0.2, 0.25) is 0 Å². The number of ether oxygens (including phenoxy) is 1. The molecule has 2 aromatic carbocycles. The number of carbonyl (C=O) groups is 2. The van der Waals surface area contributed by atoms with Crippen molar-refractivity contribution >= 4 is 17.6 Å². The summed E-state index contributed by atoms with van der Waals surface area (Å²) < 4.78 is 40.5. The molecule has 2 N–H and O–H groups in total. The van der Waals surface area contributed by atoms with Gasteiger partial charge in [0.2, 0.25) is 5.91 Å². The Balaban J connectivity index is 2.18. The number of hydrogen-bond donors (Lipinski definition) is 2. The summed E-state index contributed by atoms with van der Waals surface area (Å²) in [6, 6.07) is 10.4. The number of amides is 1. The number of carboxylic acid groups (broad SMARTS) is 1. The molecule has 0 aliphatic carbocycles. The number of aliphatic carboxylic acids is 1. The Hall–Kier alpha value is -3.03. The highest BCUT2D eigenvalue weighted by Gasteiger charge is 2.32. The van der Waals surface area contributed by atoms with Gasteiger partial charge in [-0.2, -0.15) is 0 Å². The van der Waals surface area contributed by atoms with Crippen molar-refractivity contribution in [3.05, 3.63) is 59.2 Å². The third-order valence-corrected chi connectivity index (χ3v) is 4.42. The molecular formula is C21H22F3NO4. The van der Waals surface area contributed by atoms with Gasteiger partial charge in [-0.05, 0) is 50.1 Å². The molecule has 5 nitrogen and oxygen atoms in total. The monoisotopic (exact) mass is 409 g/mol. The van der Waals surface area contributed by atoms with Gasteiger partial charge in [0, 0.05) is 5.69 Å². The van der Waals surface area contributed by atoms with E-state index >= 15 is 0 Å². The topological polar surface area (TPSA) is 75.6 Å². The minimum Gasteiger partial charge on any atom is -0.481 e. The molecule has 2 rings (SSSR count). The zero-order valence-electron chi connectivity index (χ0n) is 16.2. The maximum atomic E-state index is 12.8. The normalized spacial score (nSPS) is 13.4. The second kappa shape index (κ2) is 8.98. The lowest BCUT2D eigenvalue weighted by Crippen LogP contribution is -2.33. The number of carboxylic acids is 1. The van der Waals surface area contributed by atoms with Gasteiger partial charge >= 0.3 is 12.3 Å². The van der Waals surface area contributed by atoms with Crippen LogP contribution in [0.25, 0.3) is 0 Å². The first-order chi connectivity index (χ1) is 13.4. The second-order valence-corrected chi connectivity index (χ2v) is 6.99. The molecule has 0 heterocycles. The molecule has 8 heteroatoms. The minimum atomic E-state index is -4.81. The first-order valence-electron chi connectivity index (χ1n) is 8.91. The summed E-state index contributed by atoms with van der Waals surface area (Å²) in [6.45, 7) is 5.28. The standard InChI is InChI=1S/C21H22F3NO4/c1-12-8-13(2)10-15(9-12)11-18(14(3)20(27)28)19(26)25-16-4-6-17(7-5-16)29-21(22,23)24/h4-10,14,18H,11H2,1-3H3,(H,25,26)(H,27,28). The SMILES string of the molecule is Cc1cc(C)cc(CC(C(=O)Nc2ccc(OC(F)(F)F)cc2)C(C)C(=O)O)c1. The van der Waals surface area contributed by atoms with Crippen LogP contribution in [-0.2, 0) is 16.0 Å². The highest BCUT2D eigenvalue weighted by atomic mass is 19.4. The number of halogens is 3. The molecule has 2 aromatic rings. The van der Waals surface area contributed by atoms with Gasteiger partial charge in [0.15, 0.2) is 0 Å². The van der Waals surface area contributed by atoms with Crippen LogP contribution in [0.5, 0.6) is 5.75 Å². The Morgan fingerprint density at radius 3 is 2.10 bits per heavy atom. The van der Waals surface area contributed by atoms with Crippen LogP contribution >= 0.6 is 0 Å². The molecule has 0 saturated heterocycles. The molecule has 0 fully saturated rings.